The number of hydrogen-bond donors (Lipinski definition) is 2. The van der Waals surface area contributed by atoms with Crippen LogP contribution in [0.2, 0.25) is 0 Å². The van der Waals surface area contributed by atoms with Gasteiger partial charge >= 0.3 is 11.9 Å². The van der Waals surface area contributed by atoms with E-state index in [2.05, 4.69) is 10.1 Å². The number of aliphatic carboxylic acids is 1. The van der Waals surface area contributed by atoms with E-state index in [-0.39, 0.29) is 12.3 Å². The lowest BCUT2D eigenvalue weighted by Crippen LogP contribution is -2.37. The number of hydrogen-bond acceptors (Lipinski definition) is 5. The van der Waals surface area contributed by atoms with Crippen molar-refractivity contribution < 1.29 is 24.2 Å². The van der Waals surface area contributed by atoms with Gasteiger partial charge in [-0.05, 0) is 24.3 Å². The Hall–Kier alpha value is -1.89. The smallest absolute Gasteiger partial charge is 0.350 e. The molecular weight excluding hydrogens is 306 g/mol. The molecule has 1 amide bonds. The fourth-order valence-electron chi connectivity index (χ4n) is 2.86. The summed E-state index contributed by atoms with van der Waals surface area (Å²) in [6.07, 6.45) is 3.62. The lowest BCUT2D eigenvalue weighted by atomic mass is 9.71. The van der Waals surface area contributed by atoms with E-state index in [1.807, 2.05) is 0 Å². The molecule has 1 fully saturated rings. The van der Waals surface area contributed by atoms with Gasteiger partial charge in [0, 0.05) is 6.42 Å². The summed E-state index contributed by atoms with van der Waals surface area (Å²) < 4.78 is 4.65. The molecule has 0 bridgehead atoms. The van der Waals surface area contributed by atoms with Gasteiger partial charge in [-0.25, -0.2) is 4.79 Å². The van der Waals surface area contributed by atoms with Crippen LogP contribution in [-0.4, -0.2) is 30.1 Å². The summed E-state index contributed by atoms with van der Waals surface area (Å²) in [6, 6.07) is 1.61. The maximum Gasteiger partial charge on any atom is 0.350 e. The molecule has 1 aliphatic rings. The van der Waals surface area contributed by atoms with Gasteiger partial charge in [0.05, 0.1) is 18.2 Å². The fraction of sp³-hybridized carbons (Fsp3) is 0.533. The van der Waals surface area contributed by atoms with Crippen LogP contribution in [0.25, 0.3) is 0 Å². The zero-order valence-corrected chi connectivity index (χ0v) is 13.2. The van der Waals surface area contributed by atoms with Gasteiger partial charge in [0.25, 0.3) is 0 Å². The Morgan fingerprint density at radius 2 is 2.00 bits per heavy atom. The lowest BCUT2D eigenvalue weighted by molar-refractivity contribution is -0.153. The van der Waals surface area contributed by atoms with E-state index >= 15 is 0 Å². The first-order valence-electron chi connectivity index (χ1n) is 7.17. The number of amides is 1. The lowest BCUT2D eigenvalue weighted by Gasteiger charge is -2.32. The molecule has 2 N–H and O–H groups in total. The summed E-state index contributed by atoms with van der Waals surface area (Å²) >= 11 is 1.17. The minimum Gasteiger partial charge on any atom is -0.481 e. The normalized spacial score (nSPS) is 16.8. The highest BCUT2D eigenvalue weighted by Crippen LogP contribution is 2.40. The second-order valence-electron chi connectivity index (χ2n) is 5.53. The Morgan fingerprint density at radius 1 is 1.32 bits per heavy atom. The Balaban J connectivity index is 2.07. The zero-order valence-electron chi connectivity index (χ0n) is 12.4. The number of thiophene rings is 1. The third kappa shape index (κ3) is 3.47. The van der Waals surface area contributed by atoms with Crippen LogP contribution in [0, 0.1) is 5.41 Å². The highest BCUT2D eigenvalue weighted by atomic mass is 32.1. The number of rotatable bonds is 5. The second kappa shape index (κ2) is 6.91. The third-order valence-electron chi connectivity index (χ3n) is 4.07. The first-order chi connectivity index (χ1) is 10.5. The van der Waals surface area contributed by atoms with Crippen molar-refractivity contribution in [2.45, 2.75) is 38.5 Å². The Labute approximate surface area is 132 Å². The van der Waals surface area contributed by atoms with Crippen molar-refractivity contribution in [2.75, 3.05) is 12.4 Å². The van der Waals surface area contributed by atoms with Crippen molar-refractivity contribution in [1.29, 1.82) is 0 Å². The molecule has 22 heavy (non-hydrogen) atoms. The topological polar surface area (TPSA) is 92.7 Å². The molecule has 0 saturated heterocycles. The van der Waals surface area contributed by atoms with Crippen LogP contribution in [0.5, 0.6) is 0 Å². The minimum absolute atomic E-state index is 0.0706. The predicted octanol–water partition coefficient (Wildman–Crippen LogP) is 2.90. The molecule has 0 radical (unpaired) electrons. The highest BCUT2D eigenvalue weighted by molar-refractivity contribution is 7.12. The second-order valence-corrected chi connectivity index (χ2v) is 6.44. The van der Waals surface area contributed by atoms with Crippen LogP contribution >= 0.6 is 11.3 Å². The van der Waals surface area contributed by atoms with Crippen molar-refractivity contribution in [3.8, 4) is 0 Å². The summed E-state index contributed by atoms with van der Waals surface area (Å²) in [5.74, 6) is -1.82. The van der Waals surface area contributed by atoms with Gasteiger partial charge in [-0.3, -0.25) is 9.59 Å². The average Bonchev–Trinajstić information content (AvgIpc) is 2.95. The largest absolute Gasteiger partial charge is 0.481 e. The van der Waals surface area contributed by atoms with Crippen molar-refractivity contribution in [3.63, 3.8) is 0 Å². The van der Waals surface area contributed by atoms with Crippen LogP contribution in [0.15, 0.2) is 11.4 Å². The molecule has 7 heteroatoms. The van der Waals surface area contributed by atoms with Crippen molar-refractivity contribution in [3.05, 3.63) is 16.3 Å². The third-order valence-corrected chi connectivity index (χ3v) is 4.97. The molecule has 0 aromatic carbocycles. The highest BCUT2D eigenvalue weighted by Gasteiger charge is 2.41. The Kier molecular flexibility index (Phi) is 5.18. The molecule has 1 heterocycles. The van der Waals surface area contributed by atoms with Gasteiger partial charge < -0.3 is 15.2 Å². The summed E-state index contributed by atoms with van der Waals surface area (Å²) in [4.78, 5) is 35.7. The van der Waals surface area contributed by atoms with Crippen LogP contribution in [0.1, 0.15) is 48.2 Å². The molecule has 120 valence electrons. The van der Waals surface area contributed by atoms with Crippen molar-refractivity contribution in [2.24, 2.45) is 5.41 Å². The number of nitrogens with one attached hydrogen (secondary N) is 1. The zero-order chi connectivity index (χ0) is 16.2. The molecule has 0 aliphatic heterocycles. The standard InChI is InChI=1S/C15H19NO5S/c1-21-13(18)12-10(5-8-22-12)16-11(17)9-15(14(19)20)6-3-2-4-7-15/h5,8H,2-4,6-7,9H2,1H3,(H,16,17)(H,19,20). The monoisotopic (exact) mass is 325 g/mol. The van der Waals surface area contributed by atoms with Gasteiger partial charge in [-0.15, -0.1) is 11.3 Å². The van der Waals surface area contributed by atoms with E-state index in [0.717, 1.165) is 19.3 Å². The molecule has 0 unspecified atom stereocenters. The molecule has 1 saturated carbocycles. The number of methoxy groups -OCH3 is 1. The van der Waals surface area contributed by atoms with Gasteiger partial charge in [0.1, 0.15) is 4.88 Å². The number of esters is 1. The van der Waals surface area contributed by atoms with Crippen molar-refractivity contribution >= 4 is 34.9 Å². The van der Waals surface area contributed by atoms with Gasteiger partial charge in [0.2, 0.25) is 5.91 Å². The van der Waals surface area contributed by atoms with Crippen LogP contribution < -0.4 is 5.32 Å². The predicted molar refractivity (Wildman–Crippen MR) is 82.1 cm³/mol. The first kappa shape index (κ1) is 16.5. The molecular formula is C15H19NO5S. The van der Waals surface area contributed by atoms with Gasteiger partial charge in [-0.1, -0.05) is 19.3 Å². The van der Waals surface area contributed by atoms with E-state index in [1.54, 1.807) is 11.4 Å². The fourth-order valence-corrected chi connectivity index (χ4v) is 3.62. The van der Waals surface area contributed by atoms with Gasteiger partial charge in [-0.2, -0.15) is 0 Å². The molecule has 0 atom stereocenters. The number of anilines is 1. The molecule has 1 aromatic heterocycles. The van der Waals surface area contributed by atoms with Crippen molar-refractivity contribution in [1.82, 2.24) is 0 Å². The molecule has 1 aliphatic carbocycles. The van der Waals surface area contributed by atoms with Crippen LogP contribution in [0.4, 0.5) is 5.69 Å². The van der Waals surface area contributed by atoms with Crippen LogP contribution in [0.3, 0.4) is 0 Å². The Morgan fingerprint density at radius 3 is 2.59 bits per heavy atom. The molecule has 0 spiro atoms. The summed E-state index contributed by atoms with van der Waals surface area (Å²) in [7, 11) is 1.27. The quantitative estimate of drug-likeness (QED) is 0.812. The number of carbonyl (C=O) groups excluding carboxylic acids is 2. The number of ether oxygens (including phenoxy) is 1. The number of carboxylic acid groups (broad SMARTS) is 1. The van der Waals surface area contributed by atoms with E-state index in [4.69, 9.17) is 0 Å². The number of carboxylic acids is 1. The maximum absolute atomic E-state index is 12.2. The molecule has 6 nitrogen and oxygen atoms in total. The summed E-state index contributed by atoms with van der Waals surface area (Å²) in [5, 5.41) is 13.8. The summed E-state index contributed by atoms with van der Waals surface area (Å²) in [6.45, 7) is 0. The average molecular weight is 325 g/mol. The van der Waals surface area contributed by atoms with E-state index in [9.17, 15) is 19.5 Å². The summed E-state index contributed by atoms with van der Waals surface area (Å²) in [5.41, 5.74) is -0.609. The maximum atomic E-state index is 12.2. The van der Waals surface area contributed by atoms with E-state index in [1.165, 1.54) is 18.4 Å². The molecule has 1 aromatic rings. The first-order valence-corrected chi connectivity index (χ1v) is 8.05. The SMILES string of the molecule is COC(=O)c1sccc1NC(=O)CC1(C(=O)O)CCCCC1. The minimum atomic E-state index is -0.982. The van der Waals surface area contributed by atoms with E-state index < -0.39 is 17.4 Å². The molecule has 2 rings (SSSR count). The Bertz CT molecular complexity index is 574. The number of carbonyl (C=O) groups is 3. The van der Waals surface area contributed by atoms with Gasteiger partial charge in [0.15, 0.2) is 0 Å². The van der Waals surface area contributed by atoms with Crippen LogP contribution in [-0.2, 0) is 14.3 Å². The van der Waals surface area contributed by atoms with E-state index in [0.29, 0.717) is 23.4 Å².